The molecule has 1 aromatic heterocycles. The number of aromatic nitrogens is 1. The third-order valence-electron chi connectivity index (χ3n) is 7.49. The lowest BCUT2D eigenvalue weighted by Gasteiger charge is -2.31. The number of hydrogen-bond donors (Lipinski definition) is 1. The van der Waals surface area contributed by atoms with Crippen LogP contribution >= 0.6 is 15.9 Å². The molecule has 3 aromatic carbocycles. The van der Waals surface area contributed by atoms with Crippen LogP contribution in [0.5, 0.6) is 0 Å². The van der Waals surface area contributed by atoms with Crippen LogP contribution in [0, 0.1) is 17.1 Å². The summed E-state index contributed by atoms with van der Waals surface area (Å²) < 4.78 is 21.3. The van der Waals surface area contributed by atoms with Crippen LogP contribution in [0.4, 0.5) is 4.39 Å². The van der Waals surface area contributed by atoms with Gasteiger partial charge in [0.1, 0.15) is 11.4 Å². The van der Waals surface area contributed by atoms with Crippen LogP contribution in [-0.2, 0) is 23.4 Å². The Bertz CT molecular complexity index is 1420. The predicted molar refractivity (Wildman–Crippen MR) is 149 cm³/mol. The average Bonchev–Trinajstić information content (AvgIpc) is 3.48. The summed E-state index contributed by atoms with van der Waals surface area (Å²) in [6.45, 7) is 2.46. The molecule has 1 atom stereocenters. The minimum absolute atomic E-state index is 0.253. The van der Waals surface area contributed by atoms with Crippen molar-refractivity contribution in [1.29, 1.82) is 5.26 Å². The molecule has 1 aliphatic heterocycles. The van der Waals surface area contributed by atoms with Crippen molar-refractivity contribution < 1.29 is 9.13 Å². The van der Waals surface area contributed by atoms with Crippen molar-refractivity contribution >= 4 is 26.8 Å². The van der Waals surface area contributed by atoms with E-state index in [1.165, 1.54) is 28.6 Å². The van der Waals surface area contributed by atoms with Crippen molar-refractivity contribution in [1.82, 2.24) is 9.88 Å². The van der Waals surface area contributed by atoms with E-state index in [2.05, 4.69) is 63.3 Å². The molecule has 190 valence electrons. The zero-order chi connectivity index (χ0) is 25.8. The molecule has 0 bridgehead atoms. The highest BCUT2D eigenvalue weighted by Gasteiger charge is 2.41. The Morgan fingerprint density at radius 2 is 1.86 bits per heavy atom. The summed E-state index contributed by atoms with van der Waals surface area (Å²) in [4.78, 5) is 5.76. The molecule has 37 heavy (non-hydrogen) atoms. The Kier molecular flexibility index (Phi) is 7.76. The number of H-pyrrole nitrogens is 1. The zero-order valence-electron chi connectivity index (χ0n) is 21.1. The fourth-order valence-corrected chi connectivity index (χ4v) is 5.89. The molecule has 6 heteroatoms. The number of halogens is 2. The molecule has 4 nitrogen and oxygen atoms in total. The van der Waals surface area contributed by atoms with Gasteiger partial charge in [-0.3, -0.25) is 0 Å². The number of ether oxygens (including phenoxy) is 1. The van der Waals surface area contributed by atoms with Crippen LogP contribution in [-0.4, -0.2) is 30.0 Å². The minimum atomic E-state index is -0.610. The van der Waals surface area contributed by atoms with Gasteiger partial charge in [-0.05, 0) is 117 Å². The van der Waals surface area contributed by atoms with Crippen LogP contribution in [0.2, 0.25) is 0 Å². The first-order valence-electron chi connectivity index (χ1n) is 12.9. The van der Waals surface area contributed by atoms with E-state index in [-0.39, 0.29) is 5.82 Å². The van der Waals surface area contributed by atoms with Gasteiger partial charge in [0.05, 0.1) is 18.2 Å². The van der Waals surface area contributed by atoms with E-state index in [0.717, 1.165) is 66.4 Å². The molecule has 0 saturated carbocycles. The smallest absolute Gasteiger partial charge is 0.123 e. The van der Waals surface area contributed by atoms with Gasteiger partial charge in [0.15, 0.2) is 0 Å². The first-order chi connectivity index (χ1) is 18.0. The quantitative estimate of drug-likeness (QED) is 0.205. The Morgan fingerprint density at radius 1 is 1.05 bits per heavy atom. The molecule has 2 heterocycles. The third-order valence-corrected chi connectivity index (χ3v) is 7.98. The molecule has 5 rings (SSSR count). The van der Waals surface area contributed by atoms with Gasteiger partial charge in [0, 0.05) is 21.6 Å². The highest BCUT2D eigenvalue weighted by molar-refractivity contribution is 9.10. The van der Waals surface area contributed by atoms with Gasteiger partial charge in [-0.2, -0.15) is 5.26 Å². The largest absolute Gasteiger partial charge is 0.361 e. The number of unbranched alkanes of at least 4 members (excludes halogenated alkanes) is 1. The van der Waals surface area contributed by atoms with Gasteiger partial charge in [0.2, 0.25) is 0 Å². The topological polar surface area (TPSA) is 52.0 Å². The molecule has 0 saturated heterocycles. The van der Waals surface area contributed by atoms with Crippen molar-refractivity contribution in [3.05, 3.63) is 105 Å². The molecule has 0 fully saturated rings. The number of rotatable bonds is 10. The van der Waals surface area contributed by atoms with Crippen LogP contribution < -0.4 is 0 Å². The maximum absolute atomic E-state index is 13.7. The standard InChI is InChI=1S/C31H31BrFN3O/c1-36(15-3-2-5-23-20-35-30-13-9-26(32)18-28(23)30)16-4-14-31(25-7-10-27(33)11-8-25)29-12-6-22(19-34)17-24(29)21-37-31/h6-13,17-18,20,35H,2-5,14-16,21H2,1H3. The fraction of sp³-hybridized carbons (Fsp3) is 0.323. The summed E-state index contributed by atoms with van der Waals surface area (Å²) in [6, 6.07) is 21.0. The maximum Gasteiger partial charge on any atom is 0.123 e. The first kappa shape index (κ1) is 25.7. The lowest BCUT2D eigenvalue weighted by molar-refractivity contribution is -0.0142. The van der Waals surface area contributed by atoms with E-state index in [1.54, 1.807) is 0 Å². The van der Waals surface area contributed by atoms with Crippen LogP contribution in [0.1, 0.15) is 53.5 Å². The van der Waals surface area contributed by atoms with E-state index in [4.69, 9.17) is 4.74 Å². The molecule has 1 aliphatic rings. The average molecular weight is 561 g/mol. The normalized spacial score (nSPS) is 16.8. The van der Waals surface area contributed by atoms with Crippen LogP contribution in [0.3, 0.4) is 0 Å². The molecule has 0 radical (unpaired) electrons. The number of fused-ring (bicyclic) bond motifs is 2. The maximum atomic E-state index is 13.7. The van der Waals surface area contributed by atoms with Gasteiger partial charge in [-0.15, -0.1) is 0 Å². The van der Waals surface area contributed by atoms with Crippen molar-refractivity contribution in [3.8, 4) is 6.07 Å². The Balaban J connectivity index is 1.18. The van der Waals surface area contributed by atoms with E-state index in [0.29, 0.717) is 12.2 Å². The van der Waals surface area contributed by atoms with Gasteiger partial charge >= 0.3 is 0 Å². The number of hydrogen-bond acceptors (Lipinski definition) is 3. The third kappa shape index (κ3) is 5.50. The molecular weight excluding hydrogens is 529 g/mol. The van der Waals surface area contributed by atoms with Gasteiger partial charge in [0.25, 0.3) is 0 Å². The summed E-state index contributed by atoms with van der Waals surface area (Å²) in [5.41, 5.74) is 5.68. The number of aromatic amines is 1. The van der Waals surface area contributed by atoms with E-state index in [9.17, 15) is 9.65 Å². The summed E-state index contributed by atoms with van der Waals surface area (Å²) in [6.07, 6.45) is 7.22. The fourth-order valence-electron chi connectivity index (χ4n) is 5.53. The minimum Gasteiger partial charge on any atom is -0.361 e. The molecule has 0 spiro atoms. The number of benzene rings is 3. The summed E-state index contributed by atoms with van der Waals surface area (Å²) in [5, 5.41) is 10.6. The highest BCUT2D eigenvalue weighted by atomic mass is 79.9. The van der Waals surface area contributed by atoms with E-state index < -0.39 is 5.60 Å². The second-order valence-corrected chi connectivity index (χ2v) is 10.9. The zero-order valence-corrected chi connectivity index (χ0v) is 22.7. The molecule has 0 amide bonds. The molecule has 4 aromatic rings. The summed E-state index contributed by atoms with van der Waals surface area (Å²) >= 11 is 3.58. The van der Waals surface area contributed by atoms with E-state index in [1.807, 2.05) is 30.3 Å². The van der Waals surface area contributed by atoms with Gasteiger partial charge < -0.3 is 14.6 Å². The van der Waals surface area contributed by atoms with Crippen molar-refractivity contribution in [2.45, 2.75) is 44.3 Å². The number of nitrogens with zero attached hydrogens (tertiary/aromatic N) is 2. The predicted octanol–water partition coefficient (Wildman–Crippen LogP) is 7.45. The van der Waals surface area contributed by atoms with Crippen molar-refractivity contribution in [2.24, 2.45) is 0 Å². The lowest BCUT2D eigenvalue weighted by atomic mass is 9.81. The summed E-state index contributed by atoms with van der Waals surface area (Å²) in [7, 11) is 2.18. The highest BCUT2D eigenvalue weighted by Crippen LogP contribution is 2.45. The van der Waals surface area contributed by atoms with Crippen LogP contribution in [0.25, 0.3) is 10.9 Å². The monoisotopic (exact) mass is 559 g/mol. The number of nitrogens with one attached hydrogen (secondary N) is 1. The second-order valence-electron chi connectivity index (χ2n) is 9.97. The SMILES string of the molecule is CN(CCCCc1c[nH]c2ccc(Br)cc12)CCCC1(c2ccc(F)cc2)OCc2cc(C#N)ccc21. The second kappa shape index (κ2) is 11.2. The first-order valence-corrected chi connectivity index (χ1v) is 13.7. The van der Waals surface area contributed by atoms with Gasteiger partial charge in [-0.25, -0.2) is 4.39 Å². The lowest BCUT2D eigenvalue weighted by Crippen LogP contribution is -2.29. The Morgan fingerprint density at radius 3 is 2.68 bits per heavy atom. The Labute approximate surface area is 226 Å². The summed E-state index contributed by atoms with van der Waals surface area (Å²) in [5.74, 6) is -0.253. The van der Waals surface area contributed by atoms with Gasteiger partial charge in [-0.1, -0.05) is 34.1 Å². The molecule has 0 aliphatic carbocycles. The number of nitriles is 1. The molecule has 1 N–H and O–H groups in total. The molecule has 1 unspecified atom stereocenters. The van der Waals surface area contributed by atoms with Crippen LogP contribution in [0.15, 0.2) is 71.3 Å². The van der Waals surface area contributed by atoms with Crippen molar-refractivity contribution in [2.75, 3.05) is 20.1 Å². The number of aryl methyl sites for hydroxylation is 1. The Hall–Kier alpha value is -2.98. The van der Waals surface area contributed by atoms with Crippen molar-refractivity contribution in [3.63, 3.8) is 0 Å². The van der Waals surface area contributed by atoms with E-state index >= 15 is 0 Å². The molecular formula is C31H31BrFN3O.